The molecule has 0 bridgehead atoms. The summed E-state index contributed by atoms with van der Waals surface area (Å²) in [6.07, 6.45) is -0.274. The van der Waals surface area contributed by atoms with E-state index in [4.69, 9.17) is 4.74 Å². The van der Waals surface area contributed by atoms with Gasteiger partial charge in [-0.1, -0.05) is 6.07 Å². The minimum Gasteiger partial charge on any atom is -0.496 e. The molecule has 1 N–H and O–H groups in total. The quantitative estimate of drug-likeness (QED) is 0.647. The normalized spacial score (nSPS) is 9.89. The Hall–Kier alpha value is -2.04. The first-order valence-corrected chi connectivity index (χ1v) is 5.95. The van der Waals surface area contributed by atoms with Crippen molar-refractivity contribution >= 4 is 11.9 Å². The topological polar surface area (TPSA) is 64.6 Å². The lowest BCUT2D eigenvalue weighted by Crippen LogP contribution is -2.26. The van der Waals surface area contributed by atoms with E-state index in [1.165, 1.54) is 7.11 Å². The highest BCUT2D eigenvalue weighted by molar-refractivity contribution is 5.94. The number of carbonyl (C=O) groups is 2. The second-order valence-electron chi connectivity index (χ2n) is 4.29. The van der Waals surface area contributed by atoms with E-state index in [9.17, 15) is 9.59 Å². The summed E-state index contributed by atoms with van der Waals surface area (Å²) in [6, 6.07) is 3.93. The Kier molecular flexibility index (Phi) is 5.36. The Morgan fingerprint density at radius 2 is 1.89 bits per heavy atom. The molecule has 0 aromatic heterocycles. The lowest BCUT2D eigenvalue weighted by Gasteiger charge is -2.13. The van der Waals surface area contributed by atoms with Gasteiger partial charge in [0.2, 0.25) is 5.91 Å². The van der Waals surface area contributed by atoms with Crippen LogP contribution >= 0.6 is 0 Å². The van der Waals surface area contributed by atoms with Gasteiger partial charge in [0, 0.05) is 12.1 Å². The Labute approximate surface area is 112 Å². The van der Waals surface area contributed by atoms with Crippen LogP contribution in [0.4, 0.5) is 0 Å². The molecule has 5 nitrogen and oxygen atoms in total. The third-order valence-corrected chi connectivity index (χ3v) is 2.79. The molecule has 0 aliphatic heterocycles. The number of esters is 1. The molecule has 0 heterocycles. The molecule has 0 saturated carbocycles. The van der Waals surface area contributed by atoms with E-state index in [2.05, 4.69) is 10.1 Å². The van der Waals surface area contributed by atoms with Crippen LogP contribution in [0, 0.1) is 13.8 Å². The number of aryl methyl sites for hydroxylation is 2. The van der Waals surface area contributed by atoms with Crippen LogP contribution < -0.4 is 10.1 Å². The summed E-state index contributed by atoms with van der Waals surface area (Å²) in [7, 11) is 2.84. The van der Waals surface area contributed by atoms with Crippen molar-refractivity contribution in [2.45, 2.75) is 26.8 Å². The molecule has 104 valence electrons. The van der Waals surface area contributed by atoms with E-state index in [0.717, 1.165) is 22.4 Å². The van der Waals surface area contributed by atoms with Gasteiger partial charge in [0.25, 0.3) is 0 Å². The highest BCUT2D eigenvalue weighted by atomic mass is 16.5. The SMILES string of the molecule is COC(=O)CC(=O)NCc1c(C)cc(C)cc1OC. The van der Waals surface area contributed by atoms with Crippen molar-refractivity contribution in [3.63, 3.8) is 0 Å². The number of nitrogens with one attached hydrogen (secondary N) is 1. The summed E-state index contributed by atoms with van der Waals surface area (Å²) in [4.78, 5) is 22.5. The van der Waals surface area contributed by atoms with Crippen molar-refractivity contribution in [2.75, 3.05) is 14.2 Å². The van der Waals surface area contributed by atoms with Gasteiger partial charge in [-0.15, -0.1) is 0 Å². The zero-order valence-corrected chi connectivity index (χ0v) is 11.7. The molecule has 0 saturated heterocycles. The molecule has 5 heteroatoms. The van der Waals surface area contributed by atoms with Gasteiger partial charge >= 0.3 is 5.97 Å². The molecule has 0 radical (unpaired) electrons. The zero-order valence-electron chi connectivity index (χ0n) is 11.7. The van der Waals surface area contributed by atoms with E-state index in [-0.39, 0.29) is 12.3 Å². The Bertz CT molecular complexity index is 483. The maximum atomic E-state index is 11.5. The summed E-state index contributed by atoms with van der Waals surface area (Å²) >= 11 is 0. The van der Waals surface area contributed by atoms with Crippen LogP contribution in [-0.2, 0) is 20.9 Å². The molecule has 0 spiro atoms. The fourth-order valence-electron chi connectivity index (χ4n) is 1.82. The average Bonchev–Trinajstić information content (AvgIpc) is 2.36. The van der Waals surface area contributed by atoms with E-state index >= 15 is 0 Å². The molecule has 1 rings (SSSR count). The van der Waals surface area contributed by atoms with E-state index < -0.39 is 5.97 Å². The highest BCUT2D eigenvalue weighted by Gasteiger charge is 2.12. The molecule has 1 aromatic carbocycles. The summed E-state index contributed by atoms with van der Waals surface area (Å²) in [5.74, 6) is -0.185. The summed E-state index contributed by atoms with van der Waals surface area (Å²) in [6.45, 7) is 4.26. The summed E-state index contributed by atoms with van der Waals surface area (Å²) in [5.41, 5.74) is 3.04. The number of methoxy groups -OCH3 is 2. The van der Waals surface area contributed by atoms with Gasteiger partial charge < -0.3 is 14.8 Å². The average molecular weight is 265 g/mol. The van der Waals surface area contributed by atoms with Gasteiger partial charge in [-0.2, -0.15) is 0 Å². The number of hydrogen-bond donors (Lipinski definition) is 1. The molecule has 0 aliphatic rings. The highest BCUT2D eigenvalue weighted by Crippen LogP contribution is 2.23. The molecule has 0 aliphatic carbocycles. The summed E-state index contributed by atoms with van der Waals surface area (Å²) in [5, 5.41) is 2.68. The predicted molar refractivity (Wildman–Crippen MR) is 70.9 cm³/mol. The lowest BCUT2D eigenvalue weighted by atomic mass is 10.0. The van der Waals surface area contributed by atoms with Gasteiger partial charge in [-0.05, 0) is 31.0 Å². The molecule has 1 amide bonds. The zero-order chi connectivity index (χ0) is 14.4. The third-order valence-electron chi connectivity index (χ3n) is 2.79. The maximum Gasteiger partial charge on any atom is 0.315 e. The van der Waals surface area contributed by atoms with E-state index in [0.29, 0.717) is 6.54 Å². The largest absolute Gasteiger partial charge is 0.496 e. The van der Waals surface area contributed by atoms with Crippen molar-refractivity contribution < 1.29 is 19.1 Å². The van der Waals surface area contributed by atoms with Gasteiger partial charge in [-0.25, -0.2) is 0 Å². The number of hydrogen-bond acceptors (Lipinski definition) is 4. The second kappa shape index (κ2) is 6.78. The van der Waals surface area contributed by atoms with Crippen LogP contribution in [0.15, 0.2) is 12.1 Å². The smallest absolute Gasteiger partial charge is 0.315 e. The van der Waals surface area contributed by atoms with Crippen molar-refractivity contribution in [1.29, 1.82) is 0 Å². The van der Waals surface area contributed by atoms with Crippen LogP contribution in [-0.4, -0.2) is 26.1 Å². The number of benzene rings is 1. The Morgan fingerprint density at radius 3 is 2.47 bits per heavy atom. The van der Waals surface area contributed by atoms with Gasteiger partial charge in [0.05, 0.1) is 14.2 Å². The minimum absolute atomic E-state index is 0.274. The van der Waals surface area contributed by atoms with Crippen molar-refractivity contribution in [1.82, 2.24) is 5.32 Å². The predicted octanol–water partition coefficient (Wildman–Crippen LogP) is 1.49. The molecular formula is C14H19NO4. The first-order chi connectivity index (χ1) is 8.97. The summed E-state index contributed by atoms with van der Waals surface area (Å²) < 4.78 is 9.73. The number of carbonyl (C=O) groups excluding carboxylic acids is 2. The van der Waals surface area contributed by atoms with Gasteiger partial charge in [0.15, 0.2) is 0 Å². The number of amides is 1. The lowest BCUT2D eigenvalue weighted by molar-refractivity contribution is -0.143. The Morgan fingerprint density at radius 1 is 1.21 bits per heavy atom. The first kappa shape index (κ1) is 15.0. The van der Waals surface area contributed by atoms with Crippen LogP contribution in [0.25, 0.3) is 0 Å². The third kappa shape index (κ3) is 4.28. The van der Waals surface area contributed by atoms with Crippen molar-refractivity contribution in [3.8, 4) is 5.75 Å². The second-order valence-corrected chi connectivity index (χ2v) is 4.29. The standard InChI is InChI=1S/C14H19NO4/c1-9-5-10(2)11(12(6-9)18-3)8-15-13(16)7-14(17)19-4/h5-6H,7-8H2,1-4H3,(H,15,16). The van der Waals surface area contributed by atoms with Crippen molar-refractivity contribution in [2.24, 2.45) is 0 Å². The molecule has 0 fully saturated rings. The van der Waals surface area contributed by atoms with Crippen LogP contribution in [0.2, 0.25) is 0 Å². The van der Waals surface area contributed by atoms with Gasteiger partial charge in [-0.3, -0.25) is 9.59 Å². The fourth-order valence-corrected chi connectivity index (χ4v) is 1.82. The minimum atomic E-state index is -0.551. The van der Waals surface area contributed by atoms with Gasteiger partial charge in [0.1, 0.15) is 12.2 Å². The van der Waals surface area contributed by atoms with E-state index in [1.807, 2.05) is 26.0 Å². The van der Waals surface area contributed by atoms with Crippen LogP contribution in [0.3, 0.4) is 0 Å². The number of ether oxygens (including phenoxy) is 2. The first-order valence-electron chi connectivity index (χ1n) is 5.95. The monoisotopic (exact) mass is 265 g/mol. The van der Waals surface area contributed by atoms with E-state index in [1.54, 1.807) is 7.11 Å². The molecular weight excluding hydrogens is 246 g/mol. The maximum absolute atomic E-state index is 11.5. The molecule has 0 unspecified atom stereocenters. The van der Waals surface area contributed by atoms with Crippen LogP contribution in [0.1, 0.15) is 23.1 Å². The number of rotatable bonds is 5. The van der Waals surface area contributed by atoms with Crippen LogP contribution in [0.5, 0.6) is 5.75 Å². The van der Waals surface area contributed by atoms with Crippen molar-refractivity contribution in [3.05, 3.63) is 28.8 Å². The molecule has 1 aromatic rings. The molecule has 0 atom stereocenters. The Balaban J connectivity index is 2.72. The molecule has 19 heavy (non-hydrogen) atoms. The fraction of sp³-hybridized carbons (Fsp3) is 0.429.